The third-order valence-electron chi connectivity index (χ3n) is 5.97. The van der Waals surface area contributed by atoms with Gasteiger partial charge in [-0.05, 0) is 38.7 Å². The molecule has 2 fully saturated rings. The molecule has 1 aliphatic heterocycles. The SMILES string of the molecule is Cc1cc(C(F)(F)F)n2nc([C@H]3CCCN(C(=O)C4CCCCC4)C3)cc2n1. The molecular weight excluding hydrogens is 369 g/mol. The monoisotopic (exact) mass is 394 g/mol. The van der Waals surface area contributed by atoms with Gasteiger partial charge in [-0.3, -0.25) is 4.79 Å². The van der Waals surface area contributed by atoms with E-state index in [4.69, 9.17) is 0 Å². The molecule has 2 aromatic rings. The zero-order valence-electron chi connectivity index (χ0n) is 16.0. The lowest BCUT2D eigenvalue weighted by atomic mass is 9.87. The first kappa shape index (κ1) is 19.2. The summed E-state index contributed by atoms with van der Waals surface area (Å²) >= 11 is 0. The predicted octanol–water partition coefficient (Wildman–Crippen LogP) is 4.34. The Bertz CT molecular complexity index is 870. The third-order valence-corrected chi connectivity index (χ3v) is 5.97. The van der Waals surface area contributed by atoms with Crippen molar-refractivity contribution in [2.24, 2.45) is 5.92 Å². The van der Waals surface area contributed by atoms with E-state index in [-0.39, 0.29) is 23.4 Å². The van der Waals surface area contributed by atoms with Crippen LogP contribution in [0.4, 0.5) is 13.2 Å². The summed E-state index contributed by atoms with van der Waals surface area (Å²) in [6, 6.07) is 2.66. The maximum absolute atomic E-state index is 13.4. The molecule has 1 saturated carbocycles. The van der Waals surface area contributed by atoms with E-state index in [1.165, 1.54) is 6.42 Å². The molecule has 0 spiro atoms. The van der Waals surface area contributed by atoms with Gasteiger partial charge in [0.1, 0.15) is 5.69 Å². The van der Waals surface area contributed by atoms with Crippen LogP contribution in [0.3, 0.4) is 0 Å². The highest BCUT2D eigenvalue weighted by Gasteiger charge is 2.36. The highest BCUT2D eigenvalue weighted by molar-refractivity contribution is 5.79. The van der Waals surface area contributed by atoms with E-state index >= 15 is 0 Å². The van der Waals surface area contributed by atoms with Crippen molar-refractivity contribution in [3.8, 4) is 0 Å². The van der Waals surface area contributed by atoms with Crippen LogP contribution in [0.15, 0.2) is 12.1 Å². The first-order valence-electron chi connectivity index (χ1n) is 10.1. The van der Waals surface area contributed by atoms with Crippen LogP contribution < -0.4 is 0 Å². The first-order valence-corrected chi connectivity index (χ1v) is 10.1. The molecule has 152 valence electrons. The minimum atomic E-state index is -4.50. The smallest absolute Gasteiger partial charge is 0.342 e. The van der Waals surface area contributed by atoms with Gasteiger partial charge in [0, 0.05) is 36.7 Å². The number of alkyl halides is 3. The molecule has 1 aliphatic carbocycles. The van der Waals surface area contributed by atoms with Crippen LogP contribution in [0, 0.1) is 12.8 Å². The molecule has 2 aromatic heterocycles. The fourth-order valence-electron chi connectivity index (χ4n) is 4.55. The van der Waals surface area contributed by atoms with Gasteiger partial charge in [0.2, 0.25) is 5.91 Å². The van der Waals surface area contributed by atoms with Crippen LogP contribution in [0.5, 0.6) is 0 Å². The molecule has 1 atom stereocenters. The van der Waals surface area contributed by atoms with Gasteiger partial charge in [-0.1, -0.05) is 19.3 Å². The van der Waals surface area contributed by atoms with E-state index in [1.54, 1.807) is 13.0 Å². The largest absolute Gasteiger partial charge is 0.433 e. The second-order valence-corrected chi connectivity index (χ2v) is 8.08. The molecule has 4 rings (SSSR count). The van der Waals surface area contributed by atoms with Crippen molar-refractivity contribution in [3.63, 3.8) is 0 Å². The van der Waals surface area contributed by atoms with Crippen LogP contribution >= 0.6 is 0 Å². The molecule has 8 heteroatoms. The number of carbonyl (C=O) groups is 1. The number of rotatable bonds is 2. The van der Waals surface area contributed by atoms with E-state index in [0.29, 0.717) is 17.9 Å². The molecule has 5 nitrogen and oxygen atoms in total. The number of halogens is 3. The fourth-order valence-corrected chi connectivity index (χ4v) is 4.55. The summed E-state index contributed by atoms with van der Waals surface area (Å²) < 4.78 is 41.0. The van der Waals surface area contributed by atoms with Crippen LogP contribution in [0.25, 0.3) is 5.65 Å². The van der Waals surface area contributed by atoms with Crippen LogP contribution in [-0.2, 0) is 11.0 Å². The molecule has 0 radical (unpaired) electrons. The molecule has 1 saturated heterocycles. The average Bonchev–Trinajstić information content (AvgIpc) is 3.10. The zero-order valence-corrected chi connectivity index (χ0v) is 16.0. The van der Waals surface area contributed by atoms with Gasteiger partial charge in [-0.2, -0.15) is 18.3 Å². The van der Waals surface area contributed by atoms with E-state index in [2.05, 4.69) is 10.1 Å². The summed E-state index contributed by atoms with van der Waals surface area (Å²) in [6.45, 7) is 2.80. The lowest BCUT2D eigenvalue weighted by Crippen LogP contribution is -2.42. The van der Waals surface area contributed by atoms with Crippen molar-refractivity contribution >= 4 is 11.6 Å². The van der Waals surface area contributed by atoms with Gasteiger partial charge in [-0.15, -0.1) is 0 Å². The highest BCUT2D eigenvalue weighted by atomic mass is 19.4. The Labute approximate surface area is 161 Å². The molecule has 1 amide bonds. The molecule has 28 heavy (non-hydrogen) atoms. The minimum Gasteiger partial charge on any atom is -0.342 e. The van der Waals surface area contributed by atoms with Crippen molar-refractivity contribution in [2.75, 3.05) is 13.1 Å². The summed E-state index contributed by atoms with van der Waals surface area (Å²) in [6.07, 6.45) is 2.47. The maximum Gasteiger partial charge on any atom is 0.433 e. The van der Waals surface area contributed by atoms with Crippen LogP contribution in [-0.4, -0.2) is 38.5 Å². The minimum absolute atomic E-state index is 0.0515. The highest BCUT2D eigenvalue weighted by Crippen LogP contribution is 2.33. The average molecular weight is 394 g/mol. The van der Waals surface area contributed by atoms with Gasteiger partial charge >= 0.3 is 6.18 Å². The van der Waals surface area contributed by atoms with Gasteiger partial charge in [0.25, 0.3) is 0 Å². The maximum atomic E-state index is 13.4. The van der Waals surface area contributed by atoms with Crippen LogP contribution in [0.1, 0.15) is 67.9 Å². The summed E-state index contributed by atoms with van der Waals surface area (Å²) in [5.74, 6) is 0.261. The number of nitrogens with zero attached hydrogens (tertiary/aromatic N) is 4. The number of hydrogen-bond donors (Lipinski definition) is 0. The van der Waals surface area contributed by atoms with Gasteiger partial charge in [-0.25, -0.2) is 9.50 Å². The van der Waals surface area contributed by atoms with Gasteiger partial charge in [0.15, 0.2) is 5.65 Å². The number of aromatic nitrogens is 3. The second-order valence-electron chi connectivity index (χ2n) is 8.08. The topological polar surface area (TPSA) is 50.5 Å². The quantitative estimate of drug-likeness (QED) is 0.761. The van der Waals surface area contributed by atoms with Crippen molar-refractivity contribution in [2.45, 2.75) is 64.0 Å². The number of carbonyl (C=O) groups excluding carboxylic acids is 1. The standard InChI is InChI=1S/C20H25F3N4O/c1-13-10-17(20(21,22)23)27-18(24-13)11-16(25-27)15-8-5-9-26(12-15)19(28)14-6-3-2-4-7-14/h10-11,14-15H,2-9,12H2,1H3/t15-/m0/s1. The Hall–Kier alpha value is -2.12. The van der Waals surface area contributed by atoms with E-state index in [1.807, 2.05) is 4.90 Å². The number of amides is 1. The molecule has 0 aromatic carbocycles. The Morgan fingerprint density at radius 1 is 1.11 bits per heavy atom. The zero-order chi connectivity index (χ0) is 19.9. The Morgan fingerprint density at radius 2 is 1.86 bits per heavy atom. The number of piperidine rings is 1. The molecule has 0 unspecified atom stereocenters. The third kappa shape index (κ3) is 3.73. The van der Waals surface area contributed by atoms with Crippen molar-refractivity contribution in [1.29, 1.82) is 0 Å². The van der Waals surface area contributed by atoms with Crippen LogP contribution in [0.2, 0.25) is 0 Å². The van der Waals surface area contributed by atoms with E-state index in [9.17, 15) is 18.0 Å². The number of likely N-dealkylation sites (tertiary alicyclic amines) is 1. The Kier molecular flexibility index (Phi) is 5.05. The molecule has 0 N–H and O–H groups in total. The number of aryl methyl sites for hydroxylation is 1. The molecule has 0 bridgehead atoms. The number of fused-ring (bicyclic) bond motifs is 1. The molecular formula is C20H25F3N4O. The second kappa shape index (κ2) is 7.37. The molecule has 2 aliphatic rings. The lowest BCUT2D eigenvalue weighted by molar-refractivity contribution is -0.142. The summed E-state index contributed by atoms with van der Waals surface area (Å²) in [7, 11) is 0. The lowest BCUT2D eigenvalue weighted by Gasteiger charge is -2.35. The summed E-state index contributed by atoms with van der Waals surface area (Å²) in [5, 5.41) is 4.25. The van der Waals surface area contributed by atoms with E-state index < -0.39 is 11.9 Å². The normalized spacial score (nSPS) is 22.0. The molecule has 3 heterocycles. The fraction of sp³-hybridized carbons (Fsp3) is 0.650. The van der Waals surface area contributed by atoms with Crippen molar-refractivity contribution in [3.05, 3.63) is 29.2 Å². The predicted molar refractivity (Wildman–Crippen MR) is 97.9 cm³/mol. The summed E-state index contributed by atoms with van der Waals surface area (Å²) in [4.78, 5) is 19.0. The van der Waals surface area contributed by atoms with Gasteiger partial charge in [0.05, 0.1) is 5.69 Å². The Balaban J connectivity index is 1.58. The van der Waals surface area contributed by atoms with E-state index in [0.717, 1.165) is 55.7 Å². The van der Waals surface area contributed by atoms with Gasteiger partial charge < -0.3 is 4.90 Å². The first-order chi connectivity index (χ1) is 13.3. The van der Waals surface area contributed by atoms with Crippen molar-refractivity contribution < 1.29 is 18.0 Å². The van der Waals surface area contributed by atoms with Crippen molar-refractivity contribution in [1.82, 2.24) is 19.5 Å². The number of hydrogen-bond acceptors (Lipinski definition) is 3. The Morgan fingerprint density at radius 3 is 2.57 bits per heavy atom. The summed E-state index contributed by atoms with van der Waals surface area (Å²) in [5.41, 5.74) is 0.291.